The lowest BCUT2D eigenvalue weighted by Gasteiger charge is -2.19. The lowest BCUT2D eigenvalue weighted by atomic mass is 9.86. The van der Waals surface area contributed by atoms with Gasteiger partial charge in [-0.05, 0) is 60.4 Å². The number of aryl methyl sites for hydroxylation is 1. The molecule has 136 valence electrons. The van der Waals surface area contributed by atoms with Gasteiger partial charge in [-0.2, -0.15) is 0 Å². The second-order valence-electron chi connectivity index (χ2n) is 6.52. The van der Waals surface area contributed by atoms with Gasteiger partial charge in [0.2, 0.25) is 0 Å². The largest absolute Gasteiger partial charge is 0.492 e. The minimum atomic E-state index is 0.0844. The van der Waals surface area contributed by atoms with Crippen LogP contribution in [0.25, 0.3) is 6.08 Å². The Kier molecular flexibility index (Phi) is 5.07. The molecule has 0 fully saturated rings. The molecule has 1 aliphatic carbocycles. The topological polar surface area (TPSA) is 44.1 Å². The van der Waals surface area contributed by atoms with Gasteiger partial charge in [-0.15, -0.1) is 0 Å². The van der Waals surface area contributed by atoms with Crippen molar-refractivity contribution in [1.82, 2.24) is 9.55 Å². The second kappa shape index (κ2) is 7.80. The van der Waals surface area contributed by atoms with Gasteiger partial charge >= 0.3 is 0 Å². The lowest BCUT2D eigenvalue weighted by Crippen LogP contribution is -2.14. The third kappa shape index (κ3) is 4.12. The first-order valence-electron chi connectivity index (χ1n) is 8.91. The summed E-state index contributed by atoms with van der Waals surface area (Å²) in [5.41, 5.74) is 3.58. The van der Waals surface area contributed by atoms with Gasteiger partial charge < -0.3 is 9.30 Å². The predicted octanol–water partition coefficient (Wildman–Crippen LogP) is 4.83. The number of ketones is 1. The molecule has 2 aromatic carbocycles. The Morgan fingerprint density at radius 2 is 2.11 bits per heavy atom. The molecule has 4 nitrogen and oxygen atoms in total. The van der Waals surface area contributed by atoms with Crippen molar-refractivity contribution in [2.45, 2.75) is 19.4 Å². The number of hydrogen-bond acceptors (Lipinski definition) is 3. The first-order valence-corrected chi connectivity index (χ1v) is 9.29. The standard InChI is InChI=1S/C22H19ClN2O2/c23-19-3-1-2-16(13-19)12-18-5-4-17-14-20(6-7-21(17)22(18)26)27-11-10-25-9-8-24-15-25/h1-3,6-9,12-15H,4-5,10-11H2/b18-12+. The fraction of sp³-hybridized carbons (Fsp3) is 0.182. The van der Waals surface area contributed by atoms with E-state index < -0.39 is 0 Å². The Bertz CT molecular complexity index is 993. The number of benzene rings is 2. The maximum Gasteiger partial charge on any atom is 0.189 e. The zero-order chi connectivity index (χ0) is 18.6. The Balaban J connectivity index is 1.47. The zero-order valence-electron chi connectivity index (χ0n) is 14.8. The fourth-order valence-electron chi connectivity index (χ4n) is 3.27. The summed E-state index contributed by atoms with van der Waals surface area (Å²) < 4.78 is 7.79. The molecular formula is C22H19ClN2O2. The first-order chi connectivity index (χ1) is 13.2. The van der Waals surface area contributed by atoms with Gasteiger partial charge in [0, 0.05) is 28.6 Å². The lowest BCUT2D eigenvalue weighted by molar-refractivity contribution is 0.102. The average Bonchev–Trinajstić information content (AvgIpc) is 3.18. The second-order valence-corrected chi connectivity index (χ2v) is 6.96. The van der Waals surface area contributed by atoms with Crippen LogP contribution in [0.2, 0.25) is 5.02 Å². The number of Topliss-reactive ketones (excluding diaryl/α,β-unsaturated/α-hetero) is 1. The van der Waals surface area contributed by atoms with E-state index in [1.165, 1.54) is 0 Å². The Hall–Kier alpha value is -2.85. The number of carbonyl (C=O) groups excluding carboxylic acids is 1. The molecule has 0 atom stereocenters. The van der Waals surface area contributed by atoms with Gasteiger partial charge in [-0.3, -0.25) is 4.79 Å². The van der Waals surface area contributed by atoms with Crippen molar-refractivity contribution in [1.29, 1.82) is 0 Å². The van der Waals surface area contributed by atoms with Crippen LogP contribution in [0.1, 0.15) is 27.9 Å². The highest BCUT2D eigenvalue weighted by atomic mass is 35.5. The van der Waals surface area contributed by atoms with Crippen molar-refractivity contribution in [2.24, 2.45) is 0 Å². The van der Waals surface area contributed by atoms with Crippen LogP contribution < -0.4 is 4.74 Å². The number of carbonyl (C=O) groups is 1. The van der Waals surface area contributed by atoms with Crippen molar-refractivity contribution in [2.75, 3.05) is 6.61 Å². The highest BCUT2D eigenvalue weighted by Crippen LogP contribution is 2.29. The zero-order valence-corrected chi connectivity index (χ0v) is 15.5. The van der Waals surface area contributed by atoms with E-state index in [1.54, 1.807) is 12.5 Å². The Morgan fingerprint density at radius 1 is 1.19 bits per heavy atom. The molecule has 0 aliphatic heterocycles. The number of ether oxygens (including phenoxy) is 1. The number of hydrogen-bond donors (Lipinski definition) is 0. The molecule has 27 heavy (non-hydrogen) atoms. The van der Waals surface area contributed by atoms with Crippen LogP contribution in [0.5, 0.6) is 5.75 Å². The summed E-state index contributed by atoms with van der Waals surface area (Å²) in [6, 6.07) is 13.3. The van der Waals surface area contributed by atoms with Crippen molar-refractivity contribution >= 4 is 23.5 Å². The summed E-state index contributed by atoms with van der Waals surface area (Å²) in [5.74, 6) is 0.880. The summed E-state index contributed by atoms with van der Waals surface area (Å²) in [6.45, 7) is 1.30. The van der Waals surface area contributed by atoms with Crippen LogP contribution in [-0.4, -0.2) is 21.9 Å². The maximum atomic E-state index is 12.8. The molecule has 5 heteroatoms. The van der Waals surface area contributed by atoms with Gasteiger partial charge in [0.15, 0.2) is 5.78 Å². The van der Waals surface area contributed by atoms with Crippen LogP contribution in [-0.2, 0) is 13.0 Å². The smallest absolute Gasteiger partial charge is 0.189 e. The molecule has 4 rings (SSSR count). The normalized spacial score (nSPS) is 15.0. The SMILES string of the molecule is O=C1/C(=C/c2cccc(Cl)c2)CCc2cc(OCCn3ccnc3)ccc21. The van der Waals surface area contributed by atoms with E-state index in [0.717, 1.165) is 47.4 Å². The van der Waals surface area contributed by atoms with Gasteiger partial charge in [0.1, 0.15) is 12.4 Å². The predicted molar refractivity (Wildman–Crippen MR) is 106 cm³/mol. The first kappa shape index (κ1) is 17.6. The van der Waals surface area contributed by atoms with Crippen LogP contribution in [0, 0.1) is 0 Å². The van der Waals surface area contributed by atoms with E-state index in [4.69, 9.17) is 16.3 Å². The number of rotatable bonds is 5. The van der Waals surface area contributed by atoms with Crippen LogP contribution in [0.4, 0.5) is 0 Å². The van der Waals surface area contributed by atoms with E-state index in [0.29, 0.717) is 11.6 Å². The van der Waals surface area contributed by atoms with Crippen molar-refractivity contribution in [3.05, 3.63) is 88.5 Å². The molecule has 0 N–H and O–H groups in total. The van der Waals surface area contributed by atoms with Crippen molar-refractivity contribution < 1.29 is 9.53 Å². The molecule has 0 saturated heterocycles. The average molecular weight is 379 g/mol. The van der Waals surface area contributed by atoms with E-state index in [1.807, 2.05) is 59.3 Å². The number of fused-ring (bicyclic) bond motifs is 1. The number of imidazole rings is 1. The molecule has 0 saturated carbocycles. The summed E-state index contributed by atoms with van der Waals surface area (Å²) in [4.78, 5) is 16.8. The molecule has 0 amide bonds. The summed E-state index contributed by atoms with van der Waals surface area (Å²) in [7, 11) is 0. The molecule has 1 aromatic heterocycles. The molecular weight excluding hydrogens is 360 g/mol. The van der Waals surface area contributed by atoms with E-state index >= 15 is 0 Å². The van der Waals surface area contributed by atoms with Gasteiger partial charge in [0.25, 0.3) is 0 Å². The maximum absolute atomic E-state index is 12.8. The van der Waals surface area contributed by atoms with Crippen LogP contribution >= 0.6 is 11.6 Å². The monoisotopic (exact) mass is 378 g/mol. The van der Waals surface area contributed by atoms with Gasteiger partial charge in [-0.1, -0.05) is 23.7 Å². The number of aromatic nitrogens is 2. The van der Waals surface area contributed by atoms with Crippen molar-refractivity contribution in [3.8, 4) is 5.75 Å². The molecule has 0 bridgehead atoms. The highest BCUT2D eigenvalue weighted by Gasteiger charge is 2.22. The quantitative estimate of drug-likeness (QED) is 0.597. The number of allylic oxidation sites excluding steroid dienone is 1. The summed E-state index contributed by atoms with van der Waals surface area (Å²) in [6.07, 6.45) is 8.90. The van der Waals surface area contributed by atoms with E-state index in [9.17, 15) is 4.79 Å². The highest BCUT2D eigenvalue weighted by molar-refractivity contribution is 6.30. The third-order valence-corrected chi connectivity index (χ3v) is 4.88. The van der Waals surface area contributed by atoms with Crippen molar-refractivity contribution in [3.63, 3.8) is 0 Å². The van der Waals surface area contributed by atoms with Crippen LogP contribution in [0.3, 0.4) is 0 Å². The van der Waals surface area contributed by atoms with Crippen LogP contribution in [0.15, 0.2) is 66.8 Å². The molecule has 1 heterocycles. The van der Waals surface area contributed by atoms with E-state index in [-0.39, 0.29) is 5.78 Å². The third-order valence-electron chi connectivity index (χ3n) is 4.64. The number of nitrogens with zero attached hydrogens (tertiary/aromatic N) is 2. The Labute approximate surface area is 163 Å². The van der Waals surface area contributed by atoms with E-state index in [2.05, 4.69) is 4.98 Å². The molecule has 1 aliphatic rings. The minimum absolute atomic E-state index is 0.0844. The minimum Gasteiger partial charge on any atom is -0.492 e. The Morgan fingerprint density at radius 3 is 2.93 bits per heavy atom. The molecule has 0 unspecified atom stereocenters. The molecule has 3 aromatic rings. The summed E-state index contributed by atoms with van der Waals surface area (Å²) in [5, 5.41) is 0.672. The number of halogens is 1. The summed E-state index contributed by atoms with van der Waals surface area (Å²) >= 11 is 6.04. The van der Waals surface area contributed by atoms with Gasteiger partial charge in [-0.25, -0.2) is 4.98 Å². The molecule has 0 radical (unpaired) electrons. The van der Waals surface area contributed by atoms with Gasteiger partial charge in [0.05, 0.1) is 12.9 Å². The molecule has 0 spiro atoms. The fourth-order valence-corrected chi connectivity index (χ4v) is 3.47.